The zero-order valence-electron chi connectivity index (χ0n) is 9.54. The van der Waals surface area contributed by atoms with Crippen LogP contribution < -0.4 is 5.32 Å². The second kappa shape index (κ2) is 5.75. The molecule has 2 fully saturated rings. The van der Waals surface area contributed by atoms with Gasteiger partial charge >= 0.3 is 0 Å². The predicted octanol–water partition coefficient (Wildman–Crippen LogP) is 1.55. The first-order valence-electron chi connectivity index (χ1n) is 6.01. The molecule has 2 heterocycles. The number of rotatable bonds is 3. The standard InChI is InChI=1S/C11H21N3S/c1-10-4-9-15-11(13-10)12-5-8-14-6-2-3-7-14/h10H,2-9H2,1H3,(H,12,13). The molecule has 0 aliphatic carbocycles. The van der Waals surface area contributed by atoms with E-state index in [9.17, 15) is 0 Å². The zero-order valence-corrected chi connectivity index (χ0v) is 10.4. The van der Waals surface area contributed by atoms with Gasteiger partial charge in [-0.2, -0.15) is 0 Å². The number of nitrogens with zero attached hydrogens (tertiary/aromatic N) is 2. The minimum atomic E-state index is 0.608. The summed E-state index contributed by atoms with van der Waals surface area (Å²) in [7, 11) is 0. The minimum absolute atomic E-state index is 0.608. The van der Waals surface area contributed by atoms with Crippen LogP contribution in [-0.4, -0.2) is 48.0 Å². The maximum absolute atomic E-state index is 4.62. The molecule has 0 bridgehead atoms. The van der Waals surface area contributed by atoms with Crippen molar-refractivity contribution in [3.05, 3.63) is 0 Å². The number of hydrogen-bond acceptors (Lipinski definition) is 3. The Kier molecular flexibility index (Phi) is 4.32. The van der Waals surface area contributed by atoms with Gasteiger partial charge in [0.2, 0.25) is 0 Å². The highest BCUT2D eigenvalue weighted by molar-refractivity contribution is 8.13. The molecule has 0 aromatic carbocycles. The van der Waals surface area contributed by atoms with Gasteiger partial charge in [-0.15, -0.1) is 0 Å². The van der Waals surface area contributed by atoms with Crippen molar-refractivity contribution in [3.8, 4) is 0 Å². The molecule has 3 nitrogen and oxygen atoms in total. The molecule has 0 saturated carbocycles. The van der Waals surface area contributed by atoms with Crippen LogP contribution in [0.25, 0.3) is 0 Å². The fourth-order valence-corrected chi connectivity index (χ4v) is 3.18. The Labute approximate surface area is 96.7 Å². The Morgan fingerprint density at radius 2 is 2.27 bits per heavy atom. The molecule has 15 heavy (non-hydrogen) atoms. The van der Waals surface area contributed by atoms with Crippen molar-refractivity contribution in [2.24, 2.45) is 4.99 Å². The lowest BCUT2D eigenvalue weighted by atomic mass is 10.3. The van der Waals surface area contributed by atoms with E-state index in [0.717, 1.165) is 18.3 Å². The SMILES string of the molecule is CC1CCSC(=NCCN2CCCC2)N1. The summed E-state index contributed by atoms with van der Waals surface area (Å²) < 4.78 is 0. The fourth-order valence-electron chi connectivity index (χ4n) is 2.05. The number of likely N-dealkylation sites (tertiary alicyclic amines) is 1. The largest absolute Gasteiger partial charge is 0.362 e. The third-order valence-corrected chi connectivity index (χ3v) is 3.99. The fraction of sp³-hybridized carbons (Fsp3) is 0.909. The van der Waals surface area contributed by atoms with Crippen LogP contribution in [0.1, 0.15) is 26.2 Å². The quantitative estimate of drug-likeness (QED) is 0.793. The van der Waals surface area contributed by atoms with Crippen molar-refractivity contribution >= 4 is 16.9 Å². The molecule has 2 saturated heterocycles. The van der Waals surface area contributed by atoms with Crippen molar-refractivity contribution in [1.82, 2.24) is 10.2 Å². The second-order valence-corrected chi connectivity index (χ2v) is 5.50. The first-order valence-corrected chi connectivity index (χ1v) is 6.99. The van der Waals surface area contributed by atoms with Gasteiger partial charge < -0.3 is 10.2 Å². The number of hydrogen-bond donors (Lipinski definition) is 1. The van der Waals surface area contributed by atoms with Crippen LogP contribution in [0.2, 0.25) is 0 Å². The summed E-state index contributed by atoms with van der Waals surface area (Å²) in [5.41, 5.74) is 0. The number of amidine groups is 1. The first-order chi connectivity index (χ1) is 7.34. The molecule has 86 valence electrons. The Morgan fingerprint density at radius 3 is 3.00 bits per heavy atom. The second-order valence-electron chi connectivity index (χ2n) is 4.42. The summed E-state index contributed by atoms with van der Waals surface area (Å²) >= 11 is 1.87. The third-order valence-electron chi connectivity index (χ3n) is 3.03. The highest BCUT2D eigenvalue weighted by atomic mass is 32.2. The number of aliphatic imine (C=N–C) groups is 1. The van der Waals surface area contributed by atoms with Crippen molar-refractivity contribution in [3.63, 3.8) is 0 Å². The molecule has 1 atom stereocenters. The summed E-state index contributed by atoms with van der Waals surface area (Å²) in [6.45, 7) is 6.89. The predicted molar refractivity (Wildman–Crippen MR) is 67.6 cm³/mol. The van der Waals surface area contributed by atoms with Crippen LogP contribution in [0.3, 0.4) is 0 Å². The van der Waals surface area contributed by atoms with Gasteiger partial charge in [0.05, 0.1) is 6.54 Å². The minimum Gasteiger partial charge on any atom is -0.362 e. The topological polar surface area (TPSA) is 27.6 Å². The lowest BCUT2D eigenvalue weighted by molar-refractivity contribution is 0.349. The monoisotopic (exact) mass is 227 g/mol. The third kappa shape index (κ3) is 3.68. The maximum atomic E-state index is 4.62. The van der Waals surface area contributed by atoms with E-state index in [1.165, 1.54) is 38.1 Å². The molecule has 2 aliphatic heterocycles. The smallest absolute Gasteiger partial charge is 0.156 e. The molecule has 0 aromatic heterocycles. The van der Waals surface area contributed by atoms with Crippen molar-refractivity contribution in [1.29, 1.82) is 0 Å². The van der Waals surface area contributed by atoms with Gasteiger partial charge in [0.15, 0.2) is 5.17 Å². The molecular formula is C11H21N3S. The molecule has 1 unspecified atom stereocenters. The Morgan fingerprint density at radius 1 is 1.47 bits per heavy atom. The van der Waals surface area contributed by atoms with Crippen molar-refractivity contribution < 1.29 is 0 Å². The van der Waals surface area contributed by atoms with Crippen LogP contribution in [0, 0.1) is 0 Å². The van der Waals surface area contributed by atoms with E-state index in [4.69, 9.17) is 0 Å². The average Bonchev–Trinajstić information content (AvgIpc) is 2.71. The van der Waals surface area contributed by atoms with Gasteiger partial charge in [0, 0.05) is 18.3 Å². The molecule has 2 aliphatic rings. The molecule has 0 spiro atoms. The van der Waals surface area contributed by atoms with Crippen LogP contribution in [0.15, 0.2) is 4.99 Å². The lowest BCUT2D eigenvalue weighted by Crippen LogP contribution is -2.36. The first kappa shape index (κ1) is 11.3. The van der Waals surface area contributed by atoms with Crippen LogP contribution >= 0.6 is 11.8 Å². The number of nitrogens with one attached hydrogen (secondary N) is 1. The Hall–Kier alpha value is -0.220. The molecule has 4 heteroatoms. The van der Waals surface area contributed by atoms with E-state index in [-0.39, 0.29) is 0 Å². The molecule has 0 aromatic rings. The van der Waals surface area contributed by atoms with E-state index in [1.807, 2.05) is 11.8 Å². The van der Waals surface area contributed by atoms with Crippen LogP contribution in [0.5, 0.6) is 0 Å². The number of thioether (sulfide) groups is 1. The Bertz CT molecular complexity index is 224. The summed E-state index contributed by atoms with van der Waals surface area (Å²) in [6.07, 6.45) is 4.01. The molecule has 2 rings (SSSR count). The maximum Gasteiger partial charge on any atom is 0.156 e. The van der Waals surface area contributed by atoms with Crippen LogP contribution in [0.4, 0.5) is 0 Å². The summed E-state index contributed by atoms with van der Waals surface area (Å²) in [4.78, 5) is 7.14. The van der Waals surface area contributed by atoms with Gasteiger partial charge in [-0.3, -0.25) is 4.99 Å². The summed E-state index contributed by atoms with van der Waals surface area (Å²) in [5, 5.41) is 4.60. The molecule has 0 amide bonds. The van der Waals surface area contributed by atoms with Gasteiger partial charge in [-0.25, -0.2) is 0 Å². The summed E-state index contributed by atoms with van der Waals surface area (Å²) in [6, 6.07) is 0.608. The van der Waals surface area contributed by atoms with Gasteiger partial charge in [-0.05, 0) is 39.3 Å². The van der Waals surface area contributed by atoms with E-state index in [0.29, 0.717) is 6.04 Å². The van der Waals surface area contributed by atoms with Crippen molar-refractivity contribution in [2.75, 3.05) is 31.9 Å². The van der Waals surface area contributed by atoms with E-state index < -0.39 is 0 Å². The van der Waals surface area contributed by atoms with Crippen molar-refractivity contribution in [2.45, 2.75) is 32.2 Å². The van der Waals surface area contributed by atoms with Crippen LogP contribution in [-0.2, 0) is 0 Å². The Balaban J connectivity index is 1.68. The highest BCUT2D eigenvalue weighted by Crippen LogP contribution is 2.13. The van der Waals surface area contributed by atoms with E-state index >= 15 is 0 Å². The zero-order chi connectivity index (χ0) is 10.5. The molecule has 1 N–H and O–H groups in total. The van der Waals surface area contributed by atoms with Gasteiger partial charge in [0.25, 0.3) is 0 Å². The average molecular weight is 227 g/mol. The van der Waals surface area contributed by atoms with E-state index in [1.54, 1.807) is 0 Å². The van der Waals surface area contributed by atoms with Gasteiger partial charge in [0.1, 0.15) is 0 Å². The molecule has 0 radical (unpaired) electrons. The lowest BCUT2D eigenvalue weighted by Gasteiger charge is -2.22. The normalized spacial score (nSPS) is 30.7. The molecular weight excluding hydrogens is 206 g/mol. The highest BCUT2D eigenvalue weighted by Gasteiger charge is 2.13. The summed E-state index contributed by atoms with van der Waals surface area (Å²) in [5.74, 6) is 1.22. The van der Waals surface area contributed by atoms with E-state index in [2.05, 4.69) is 22.1 Å². The van der Waals surface area contributed by atoms with Gasteiger partial charge in [-0.1, -0.05) is 11.8 Å².